The minimum absolute atomic E-state index is 0.108. The maximum absolute atomic E-state index is 13.0. The summed E-state index contributed by atoms with van der Waals surface area (Å²) in [5, 5.41) is 1.25. The lowest BCUT2D eigenvalue weighted by atomic mass is 10.2. The number of hydrogen-bond donors (Lipinski definition) is 0. The third-order valence-electron chi connectivity index (χ3n) is 5.19. The Hall–Kier alpha value is -3.55. The summed E-state index contributed by atoms with van der Waals surface area (Å²) in [4.78, 5) is 31.6. The van der Waals surface area contributed by atoms with Crippen LogP contribution in [0.5, 0.6) is 5.75 Å². The molecule has 1 aliphatic rings. The molecule has 0 aliphatic carbocycles. The molecule has 0 bridgehead atoms. The predicted octanol–water partition coefficient (Wildman–Crippen LogP) is 6.33. The van der Waals surface area contributed by atoms with Crippen LogP contribution in [0, 0.1) is 0 Å². The molecule has 0 N–H and O–H groups in total. The molecule has 4 rings (SSSR count). The number of thioether (sulfide) groups is 1. The van der Waals surface area contributed by atoms with E-state index in [-0.39, 0.29) is 5.91 Å². The van der Waals surface area contributed by atoms with Crippen molar-refractivity contribution in [1.82, 2.24) is 4.90 Å². The number of amidine groups is 1. The topological polar surface area (TPSA) is 68.2 Å². The van der Waals surface area contributed by atoms with E-state index in [1.807, 2.05) is 61.5 Å². The zero-order valence-electron chi connectivity index (χ0n) is 19.2. The van der Waals surface area contributed by atoms with Crippen LogP contribution in [0.4, 0.5) is 5.69 Å². The van der Waals surface area contributed by atoms with Crippen LogP contribution in [-0.4, -0.2) is 35.6 Å². The first-order valence-electron chi connectivity index (χ1n) is 10.9. The Labute approximate surface area is 213 Å². The van der Waals surface area contributed by atoms with E-state index in [0.717, 1.165) is 16.9 Å². The van der Waals surface area contributed by atoms with E-state index in [4.69, 9.17) is 21.1 Å². The summed E-state index contributed by atoms with van der Waals surface area (Å²) < 4.78 is 10.6. The van der Waals surface area contributed by atoms with Crippen LogP contribution < -0.4 is 4.74 Å². The van der Waals surface area contributed by atoms with Crippen molar-refractivity contribution in [3.05, 3.63) is 99.4 Å². The highest BCUT2D eigenvalue weighted by Gasteiger charge is 2.32. The number of esters is 1. The van der Waals surface area contributed by atoms with E-state index in [9.17, 15) is 9.59 Å². The molecule has 0 saturated carbocycles. The van der Waals surface area contributed by atoms with Crippen molar-refractivity contribution in [1.29, 1.82) is 0 Å². The molecular weight excluding hydrogens is 484 g/mol. The summed E-state index contributed by atoms with van der Waals surface area (Å²) >= 11 is 7.22. The lowest BCUT2D eigenvalue weighted by molar-refractivity contribution is -0.122. The van der Waals surface area contributed by atoms with Crippen LogP contribution in [0.15, 0.2) is 82.7 Å². The van der Waals surface area contributed by atoms with E-state index in [1.54, 1.807) is 29.2 Å². The lowest BCUT2D eigenvalue weighted by Gasteiger charge is -2.12. The Morgan fingerprint density at radius 2 is 1.83 bits per heavy atom. The van der Waals surface area contributed by atoms with Crippen molar-refractivity contribution in [2.24, 2.45) is 4.99 Å². The van der Waals surface area contributed by atoms with Crippen molar-refractivity contribution >= 4 is 52.2 Å². The fraction of sp³-hybridized carbons (Fsp3) is 0.148. The van der Waals surface area contributed by atoms with Crippen molar-refractivity contribution in [2.45, 2.75) is 13.5 Å². The van der Waals surface area contributed by atoms with Gasteiger partial charge in [-0.05, 0) is 78.4 Å². The third kappa shape index (κ3) is 6.12. The smallest absolute Gasteiger partial charge is 0.337 e. The summed E-state index contributed by atoms with van der Waals surface area (Å²) in [5.41, 5.74) is 2.88. The molecule has 0 unspecified atom stereocenters. The molecule has 3 aromatic carbocycles. The minimum atomic E-state index is -0.435. The van der Waals surface area contributed by atoms with Crippen molar-refractivity contribution in [3.63, 3.8) is 0 Å². The van der Waals surface area contributed by atoms with Crippen molar-refractivity contribution in [3.8, 4) is 5.75 Å². The summed E-state index contributed by atoms with van der Waals surface area (Å²) in [6.07, 6.45) is 1.84. The lowest BCUT2D eigenvalue weighted by Crippen LogP contribution is -2.28. The van der Waals surface area contributed by atoms with Gasteiger partial charge in [0.2, 0.25) is 0 Å². The maximum Gasteiger partial charge on any atom is 0.337 e. The number of halogens is 1. The molecule has 178 valence electrons. The first-order chi connectivity index (χ1) is 17.0. The van der Waals surface area contributed by atoms with E-state index >= 15 is 0 Å². The number of likely N-dealkylation sites (N-methyl/N-ethyl adjacent to an activating group) is 1. The number of aliphatic imine (C=N–C) groups is 1. The maximum atomic E-state index is 13.0. The van der Waals surface area contributed by atoms with Gasteiger partial charge in [-0.2, -0.15) is 0 Å². The van der Waals surface area contributed by atoms with Crippen LogP contribution in [0.3, 0.4) is 0 Å². The summed E-state index contributed by atoms with van der Waals surface area (Å²) in [6.45, 7) is 2.82. The standard InChI is InChI=1S/C27H23ClN2O4S/c1-3-30-25(31)24(35-27(30)29-22-6-4-5-20(16-22)26(32)33-2)15-18-9-13-23(14-10-18)34-17-19-7-11-21(28)12-8-19/h4-16H,3,17H2,1-2H3. The largest absolute Gasteiger partial charge is 0.489 e. The summed E-state index contributed by atoms with van der Waals surface area (Å²) in [5.74, 6) is 0.189. The van der Waals surface area contributed by atoms with Crippen LogP contribution in [0.1, 0.15) is 28.4 Å². The van der Waals surface area contributed by atoms with Gasteiger partial charge in [-0.1, -0.05) is 41.9 Å². The zero-order valence-corrected chi connectivity index (χ0v) is 20.8. The van der Waals surface area contributed by atoms with E-state index < -0.39 is 5.97 Å². The number of carbonyl (C=O) groups excluding carboxylic acids is 2. The number of amides is 1. The molecule has 1 fully saturated rings. The molecule has 1 heterocycles. The Morgan fingerprint density at radius 3 is 2.51 bits per heavy atom. The van der Waals surface area contributed by atoms with Gasteiger partial charge in [-0.25, -0.2) is 9.79 Å². The van der Waals surface area contributed by atoms with Crippen LogP contribution in [0.25, 0.3) is 6.08 Å². The number of methoxy groups -OCH3 is 1. The molecular formula is C27H23ClN2O4S. The highest BCUT2D eigenvalue weighted by atomic mass is 35.5. The van der Waals surface area contributed by atoms with Gasteiger partial charge in [0.15, 0.2) is 5.17 Å². The Kier molecular flexibility index (Phi) is 7.90. The fourth-order valence-corrected chi connectivity index (χ4v) is 4.55. The second-order valence-corrected chi connectivity index (χ2v) is 9.03. The molecule has 3 aromatic rings. The third-order valence-corrected chi connectivity index (χ3v) is 6.45. The first kappa shape index (κ1) is 24.6. The molecule has 35 heavy (non-hydrogen) atoms. The van der Waals surface area contributed by atoms with E-state index in [2.05, 4.69) is 4.99 Å². The van der Waals surface area contributed by atoms with Gasteiger partial charge in [-0.3, -0.25) is 9.69 Å². The van der Waals surface area contributed by atoms with Crippen molar-refractivity contribution < 1.29 is 19.1 Å². The van der Waals surface area contributed by atoms with Gasteiger partial charge in [0.25, 0.3) is 5.91 Å². The highest BCUT2D eigenvalue weighted by molar-refractivity contribution is 8.18. The molecule has 1 saturated heterocycles. The fourth-order valence-electron chi connectivity index (χ4n) is 3.36. The van der Waals surface area contributed by atoms with Crippen molar-refractivity contribution in [2.75, 3.05) is 13.7 Å². The number of nitrogens with zero attached hydrogens (tertiary/aromatic N) is 2. The number of ether oxygens (including phenoxy) is 2. The van der Waals surface area contributed by atoms with Gasteiger partial charge >= 0.3 is 5.97 Å². The monoisotopic (exact) mass is 506 g/mol. The molecule has 1 amide bonds. The normalized spacial score (nSPS) is 15.6. The van der Waals surface area contributed by atoms with E-state index in [1.165, 1.54) is 18.9 Å². The molecule has 1 aliphatic heterocycles. The molecule has 8 heteroatoms. The second kappa shape index (κ2) is 11.3. The number of hydrogen-bond acceptors (Lipinski definition) is 6. The zero-order chi connectivity index (χ0) is 24.8. The average Bonchev–Trinajstić information content (AvgIpc) is 3.17. The first-order valence-corrected chi connectivity index (χ1v) is 12.1. The Bertz CT molecular complexity index is 1290. The van der Waals surface area contributed by atoms with Gasteiger partial charge in [-0.15, -0.1) is 0 Å². The Morgan fingerprint density at radius 1 is 1.09 bits per heavy atom. The predicted molar refractivity (Wildman–Crippen MR) is 140 cm³/mol. The summed E-state index contributed by atoms with van der Waals surface area (Å²) in [6, 6.07) is 21.9. The SMILES string of the molecule is CCN1C(=O)C(=Cc2ccc(OCc3ccc(Cl)cc3)cc2)SC1=Nc1cccc(C(=O)OC)c1. The van der Waals surface area contributed by atoms with Gasteiger partial charge < -0.3 is 9.47 Å². The highest BCUT2D eigenvalue weighted by Crippen LogP contribution is 2.34. The van der Waals surface area contributed by atoms with Gasteiger partial charge in [0, 0.05) is 11.6 Å². The molecule has 0 aromatic heterocycles. The van der Waals surface area contributed by atoms with Crippen LogP contribution in [0.2, 0.25) is 5.02 Å². The van der Waals surface area contributed by atoms with Crippen LogP contribution in [-0.2, 0) is 16.1 Å². The second-order valence-electron chi connectivity index (χ2n) is 7.58. The Balaban J connectivity index is 1.48. The average molecular weight is 507 g/mol. The molecule has 0 spiro atoms. The number of rotatable bonds is 7. The minimum Gasteiger partial charge on any atom is -0.489 e. The van der Waals surface area contributed by atoms with Gasteiger partial charge in [0.05, 0.1) is 23.3 Å². The molecule has 6 nitrogen and oxygen atoms in total. The summed E-state index contributed by atoms with van der Waals surface area (Å²) in [7, 11) is 1.33. The van der Waals surface area contributed by atoms with Gasteiger partial charge in [0.1, 0.15) is 12.4 Å². The quantitative estimate of drug-likeness (QED) is 0.276. The molecule has 0 radical (unpaired) electrons. The number of carbonyl (C=O) groups is 2. The number of benzene rings is 3. The van der Waals surface area contributed by atoms with Crippen LogP contribution >= 0.6 is 23.4 Å². The molecule has 0 atom stereocenters. The van der Waals surface area contributed by atoms with E-state index in [0.29, 0.717) is 39.5 Å².